The second-order valence-corrected chi connectivity index (χ2v) is 5.51. The summed E-state index contributed by atoms with van der Waals surface area (Å²) in [5.41, 5.74) is 1.92. The summed E-state index contributed by atoms with van der Waals surface area (Å²) in [5.74, 6) is -0.0425. The lowest BCUT2D eigenvalue weighted by Crippen LogP contribution is -2.35. The van der Waals surface area contributed by atoms with Crippen molar-refractivity contribution in [2.45, 2.75) is 6.42 Å². The van der Waals surface area contributed by atoms with Crippen molar-refractivity contribution in [2.24, 2.45) is 7.05 Å². The standard InChI is InChI=1S/C16H18N6O/c1-20-8-4-14(19-20)16(23)22-7-2-6-21(9-10-22)15-12-18-5-3-13(15)11-17/h3-5,8,12H,2,6-7,9-10H2,1H3. The van der Waals surface area contributed by atoms with E-state index in [9.17, 15) is 10.1 Å². The molecule has 0 unspecified atom stereocenters. The van der Waals surface area contributed by atoms with Crippen LogP contribution in [0.25, 0.3) is 0 Å². The van der Waals surface area contributed by atoms with Crippen LogP contribution in [-0.4, -0.2) is 51.8 Å². The van der Waals surface area contributed by atoms with E-state index in [1.807, 2.05) is 4.90 Å². The van der Waals surface area contributed by atoms with E-state index in [0.29, 0.717) is 30.9 Å². The van der Waals surface area contributed by atoms with E-state index in [1.165, 1.54) is 0 Å². The quantitative estimate of drug-likeness (QED) is 0.828. The average molecular weight is 310 g/mol. The lowest BCUT2D eigenvalue weighted by molar-refractivity contribution is 0.0760. The molecule has 118 valence electrons. The Kier molecular flexibility index (Phi) is 4.24. The number of aryl methyl sites for hydroxylation is 1. The Morgan fingerprint density at radius 2 is 2.13 bits per heavy atom. The fourth-order valence-corrected chi connectivity index (χ4v) is 2.79. The van der Waals surface area contributed by atoms with Gasteiger partial charge in [0.25, 0.3) is 5.91 Å². The van der Waals surface area contributed by atoms with E-state index in [2.05, 4.69) is 21.1 Å². The van der Waals surface area contributed by atoms with Gasteiger partial charge in [-0.05, 0) is 18.6 Å². The molecule has 7 nitrogen and oxygen atoms in total. The highest BCUT2D eigenvalue weighted by atomic mass is 16.2. The van der Waals surface area contributed by atoms with Crippen molar-refractivity contribution in [3.8, 4) is 6.07 Å². The Bertz CT molecular complexity index is 747. The molecule has 3 rings (SSSR count). The SMILES string of the molecule is Cn1ccc(C(=O)N2CCCN(c3cnccc3C#N)CC2)n1. The van der Waals surface area contributed by atoms with Crippen LogP contribution in [0.1, 0.15) is 22.5 Å². The van der Waals surface area contributed by atoms with E-state index in [-0.39, 0.29) is 5.91 Å². The molecule has 7 heteroatoms. The van der Waals surface area contributed by atoms with Crippen molar-refractivity contribution in [1.82, 2.24) is 19.7 Å². The van der Waals surface area contributed by atoms with Gasteiger partial charge in [-0.3, -0.25) is 14.5 Å². The summed E-state index contributed by atoms with van der Waals surface area (Å²) in [6, 6.07) is 5.66. The molecule has 0 N–H and O–H groups in total. The Morgan fingerprint density at radius 3 is 2.87 bits per heavy atom. The van der Waals surface area contributed by atoms with E-state index < -0.39 is 0 Å². The minimum absolute atomic E-state index is 0.0425. The molecular formula is C16H18N6O. The van der Waals surface area contributed by atoms with Gasteiger partial charge < -0.3 is 9.80 Å². The lowest BCUT2D eigenvalue weighted by Gasteiger charge is -2.23. The first-order chi connectivity index (χ1) is 11.2. The zero-order chi connectivity index (χ0) is 16.2. The molecule has 1 aliphatic heterocycles. The maximum Gasteiger partial charge on any atom is 0.274 e. The summed E-state index contributed by atoms with van der Waals surface area (Å²) >= 11 is 0. The van der Waals surface area contributed by atoms with Crippen LogP contribution in [-0.2, 0) is 7.05 Å². The lowest BCUT2D eigenvalue weighted by atomic mass is 10.2. The molecule has 0 bridgehead atoms. The monoisotopic (exact) mass is 310 g/mol. The summed E-state index contributed by atoms with van der Waals surface area (Å²) in [6.45, 7) is 2.77. The van der Waals surface area contributed by atoms with Crippen LogP contribution in [0.5, 0.6) is 0 Å². The number of aromatic nitrogens is 3. The molecule has 1 fully saturated rings. The number of anilines is 1. The topological polar surface area (TPSA) is 78.0 Å². The van der Waals surface area contributed by atoms with Crippen LogP contribution in [0.4, 0.5) is 5.69 Å². The molecule has 0 radical (unpaired) electrons. The molecule has 0 spiro atoms. The molecule has 1 amide bonds. The van der Waals surface area contributed by atoms with Crippen LogP contribution >= 0.6 is 0 Å². The van der Waals surface area contributed by atoms with Gasteiger partial charge in [0, 0.05) is 45.6 Å². The second-order valence-electron chi connectivity index (χ2n) is 5.51. The summed E-state index contributed by atoms with van der Waals surface area (Å²) < 4.78 is 1.63. The maximum absolute atomic E-state index is 12.5. The van der Waals surface area contributed by atoms with Crippen molar-refractivity contribution >= 4 is 11.6 Å². The Balaban J connectivity index is 1.72. The van der Waals surface area contributed by atoms with E-state index in [1.54, 1.807) is 42.5 Å². The predicted molar refractivity (Wildman–Crippen MR) is 84.9 cm³/mol. The number of nitrogens with zero attached hydrogens (tertiary/aromatic N) is 6. The summed E-state index contributed by atoms with van der Waals surface area (Å²) in [4.78, 5) is 20.6. The number of rotatable bonds is 2. The van der Waals surface area contributed by atoms with Gasteiger partial charge in [-0.25, -0.2) is 0 Å². The molecule has 1 saturated heterocycles. The number of hydrogen-bond acceptors (Lipinski definition) is 5. The number of amides is 1. The highest BCUT2D eigenvalue weighted by Crippen LogP contribution is 2.20. The number of carbonyl (C=O) groups excluding carboxylic acids is 1. The molecular weight excluding hydrogens is 292 g/mol. The third-order valence-corrected chi connectivity index (χ3v) is 3.98. The number of carbonyl (C=O) groups is 1. The zero-order valence-electron chi connectivity index (χ0n) is 13.0. The Morgan fingerprint density at radius 1 is 1.26 bits per heavy atom. The number of nitriles is 1. The van der Waals surface area contributed by atoms with Gasteiger partial charge in [-0.1, -0.05) is 0 Å². The molecule has 0 atom stereocenters. The smallest absolute Gasteiger partial charge is 0.274 e. The number of hydrogen-bond donors (Lipinski definition) is 0. The highest BCUT2D eigenvalue weighted by Gasteiger charge is 2.22. The van der Waals surface area contributed by atoms with Crippen molar-refractivity contribution in [3.05, 3.63) is 42.0 Å². The van der Waals surface area contributed by atoms with Gasteiger partial charge in [0.05, 0.1) is 17.4 Å². The zero-order valence-corrected chi connectivity index (χ0v) is 13.0. The van der Waals surface area contributed by atoms with Crippen molar-refractivity contribution < 1.29 is 4.79 Å². The molecule has 1 aliphatic rings. The highest BCUT2D eigenvalue weighted by molar-refractivity contribution is 5.92. The predicted octanol–water partition coefficient (Wildman–Crippen LogP) is 1.04. The van der Waals surface area contributed by atoms with Crippen LogP contribution in [0.15, 0.2) is 30.7 Å². The maximum atomic E-state index is 12.5. The Hall–Kier alpha value is -2.88. The van der Waals surface area contributed by atoms with Crippen LogP contribution in [0.3, 0.4) is 0 Å². The normalized spacial score (nSPS) is 15.1. The summed E-state index contributed by atoms with van der Waals surface area (Å²) in [7, 11) is 1.80. The fourth-order valence-electron chi connectivity index (χ4n) is 2.79. The molecule has 2 aromatic rings. The first kappa shape index (κ1) is 15.0. The molecule has 0 saturated carbocycles. The van der Waals surface area contributed by atoms with Gasteiger partial charge in [-0.15, -0.1) is 0 Å². The molecule has 23 heavy (non-hydrogen) atoms. The van der Waals surface area contributed by atoms with Crippen LogP contribution < -0.4 is 4.90 Å². The summed E-state index contributed by atoms with van der Waals surface area (Å²) in [6.07, 6.45) is 5.95. The Labute approximate surface area is 134 Å². The molecule has 3 heterocycles. The summed E-state index contributed by atoms with van der Waals surface area (Å²) in [5, 5.41) is 13.4. The fraction of sp³-hybridized carbons (Fsp3) is 0.375. The minimum Gasteiger partial charge on any atom is -0.367 e. The van der Waals surface area contributed by atoms with E-state index in [0.717, 1.165) is 18.7 Å². The average Bonchev–Trinajstić information content (AvgIpc) is 2.87. The van der Waals surface area contributed by atoms with E-state index in [4.69, 9.17) is 0 Å². The first-order valence-corrected chi connectivity index (χ1v) is 7.57. The van der Waals surface area contributed by atoms with Crippen molar-refractivity contribution in [2.75, 3.05) is 31.1 Å². The van der Waals surface area contributed by atoms with Crippen LogP contribution in [0.2, 0.25) is 0 Å². The number of pyridine rings is 1. The van der Waals surface area contributed by atoms with Crippen molar-refractivity contribution in [1.29, 1.82) is 5.26 Å². The third kappa shape index (κ3) is 3.16. The van der Waals surface area contributed by atoms with Gasteiger partial charge >= 0.3 is 0 Å². The first-order valence-electron chi connectivity index (χ1n) is 7.57. The molecule has 2 aromatic heterocycles. The largest absolute Gasteiger partial charge is 0.367 e. The van der Waals surface area contributed by atoms with Gasteiger partial charge in [0.1, 0.15) is 11.8 Å². The minimum atomic E-state index is -0.0425. The molecule has 0 aromatic carbocycles. The van der Waals surface area contributed by atoms with E-state index >= 15 is 0 Å². The molecule has 0 aliphatic carbocycles. The third-order valence-electron chi connectivity index (χ3n) is 3.98. The second kappa shape index (κ2) is 6.48. The van der Waals surface area contributed by atoms with Crippen molar-refractivity contribution in [3.63, 3.8) is 0 Å². The van der Waals surface area contributed by atoms with Crippen LogP contribution in [0, 0.1) is 11.3 Å². The van der Waals surface area contributed by atoms with Gasteiger partial charge in [0.2, 0.25) is 0 Å². The van der Waals surface area contributed by atoms with Gasteiger partial charge in [-0.2, -0.15) is 10.4 Å². The van der Waals surface area contributed by atoms with Gasteiger partial charge in [0.15, 0.2) is 0 Å².